The monoisotopic (exact) mass is 298 g/mol. The zero-order chi connectivity index (χ0) is 14.2. The Labute approximate surface area is 98.5 Å². The molecule has 1 rings (SSSR count). The van der Waals surface area contributed by atoms with Crippen LogP contribution in [0.1, 0.15) is 19.3 Å². The predicted octanol–water partition coefficient (Wildman–Crippen LogP) is 3.10. The van der Waals surface area contributed by atoms with Gasteiger partial charge in [-0.25, -0.2) is 0 Å². The molecule has 106 valence electrons. The Kier molecular flexibility index (Phi) is 3.89. The van der Waals surface area contributed by atoms with E-state index in [1.807, 2.05) is 0 Å². The highest BCUT2D eigenvalue weighted by Crippen LogP contribution is 2.38. The van der Waals surface area contributed by atoms with E-state index in [1.165, 1.54) is 0 Å². The van der Waals surface area contributed by atoms with Crippen LogP contribution in [0.5, 0.6) is 0 Å². The van der Waals surface area contributed by atoms with Crippen molar-refractivity contribution in [3.05, 3.63) is 11.8 Å². The van der Waals surface area contributed by atoms with Gasteiger partial charge in [0.1, 0.15) is 5.76 Å². The molecule has 0 aromatic rings. The Morgan fingerprint density at radius 3 is 2.06 bits per heavy atom. The number of hydrogen-bond acceptors (Lipinski definition) is 3. The van der Waals surface area contributed by atoms with Crippen LogP contribution in [0.25, 0.3) is 0 Å². The summed E-state index contributed by atoms with van der Waals surface area (Å²) in [7, 11) is -5.80. The van der Waals surface area contributed by atoms with E-state index in [4.69, 9.17) is 0 Å². The Balaban J connectivity index is 2.72. The lowest BCUT2D eigenvalue weighted by Crippen LogP contribution is -2.28. The largest absolute Gasteiger partial charge is 0.534 e. The number of allylic oxidation sites excluding steroid dienone is 2. The molecule has 0 aromatic heterocycles. The van der Waals surface area contributed by atoms with E-state index >= 15 is 0 Å². The molecule has 1 aliphatic rings. The third kappa shape index (κ3) is 3.53. The van der Waals surface area contributed by atoms with Crippen LogP contribution in [0.3, 0.4) is 0 Å². The van der Waals surface area contributed by atoms with Crippen LogP contribution in [0.2, 0.25) is 0 Å². The van der Waals surface area contributed by atoms with Gasteiger partial charge in [-0.2, -0.15) is 34.8 Å². The molecule has 0 bridgehead atoms. The first-order valence-corrected chi connectivity index (χ1v) is 6.11. The van der Waals surface area contributed by atoms with Crippen LogP contribution < -0.4 is 0 Å². The summed E-state index contributed by atoms with van der Waals surface area (Å²) >= 11 is 0. The fourth-order valence-electron chi connectivity index (χ4n) is 1.37. The summed E-state index contributed by atoms with van der Waals surface area (Å²) in [6, 6.07) is 0. The first-order chi connectivity index (χ1) is 7.93. The Morgan fingerprint density at radius 2 is 1.72 bits per heavy atom. The first-order valence-electron chi connectivity index (χ1n) is 4.70. The number of rotatable bonds is 2. The van der Waals surface area contributed by atoms with Crippen molar-refractivity contribution in [2.75, 3.05) is 0 Å². The van der Waals surface area contributed by atoms with Crippen molar-refractivity contribution in [1.82, 2.24) is 0 Å². The normalized spacial score (nSPS) is 22.6. The molecule has 0 saturated carbocycles. The molecular formula is C8H8F6O3S. The summed E-state index contributed by atoms with van der Waals surface area (Å²) in [5.74, 6) is -2.29. The molecule has 0 heterocycles. The maximum absolute atomic E-state index is 12.2. The van der Waals surface area contributed by atoms with E-state index in [0.717, 1.165) is 6.08 Å². The summed E-state index contributed by atoms with van der Waals surface area (Å²) < 4.78 is 97.4. The van der Waals surface area contributed by atoms with E-state index in [1.54, 1.807) is 0 Å². The van der Waals surface area contributed by atoms with Gasteiger partial charge in [0.25, 0.3) is 0 Å². The van der Waals surface area contributed by atoms with E-state index in [0.29, 0.717) is 0 Å². The van der Waals surface area contributed by atoms with Crippen LogP contribution in [-0.4, -0.2) is 20.1 Å². The molecule has 10 heteroatoms. The topological polar surface area (TPSA) is 43.4 Å². The first kappa shape index (κ1) is 15.1. The molecule has 0 fully saturated rings. The van der Waals surface area contributed by atoms with Crippen LogP contribution in [-0.2, 0) is 14.3 Å². The molecular weight excluding hydrogens is 290 g/mol. The van der Waals surface area contributed by atoms with Crippen molar-refractivity contribution in [2.45, 2.75) is 30.9 Å². The van der Waals surface area contributed by atoms with Crippen molar-refractivity contribution >= 4 is 10.1 Å². The van der Waals surface area contributed by atoms with Crippen LogP contribution in [0.4, 0.5) is 26.3 Å². The van der Waals surface area contributed by atoms with Gasteiger partial charge < -0.3 is 4.18 Å². The highest BCUT2D eigenvalue weighted by molar-refractivity contribution is 7.87. The van der Waals surface area contributed by atoms with Crippen molar-refractivity contribution < 1.29 is 38.9 Å². The Bertz CT molecular complexity index is 433. The van der Waals surface area contributed by atoms with Gasteiger partial charge in [-0.3, -0.25) is 0 Å². The Hall–Kier alpha value is -0.930. The lowest BCUT2D eigenvalue weighted by Gasteiger charge is -2.23. The molecule has 0 unspecified atom stereocenters. The van der Waals surface area contributed by atoms with Crippen molar-refractivity contribution in [3.8, 4) is 0 Å². The van der Waals surface area contributed by atoms with E-state index in [-0.39, 0.29) is 0 Å². The van der Waals surface area contributed by atoms with E-state index < -0.39 is 52.7 Å². The van der Waals surface area contributed by atoms with E-state index in [2.05, 4.69) is 4.18 Å². The van der Waals surface area contributed by atoms with Gasteiger partial charge in [-0.15, -0.1) is 0 Å². The van der Waals surface area contributed by atoms with Gasteiger partial charge in [0.2, 0.25) is 0 Å². The molecule has 1 atom stereocenters. The third-order valence-corrected chi connectivity index (χ3v) is 3.33. The molecule has 1 aliphatic carbocycles. The summed E-state index contributed by atoms with van der Waals surface area (Å²) in [4.78, 5) is 0. The van der Waals surface area contributed by atoms with Gasteiger partial charge in [0.05, 0.1) is 5.92 Å². The van der Waals surface area contributed by atoms with Gasteiger partial charge in [-0.05, 0) is 18.9 Å². The van der Waals surface area contributed by atoms with E-state index in [9.17, 15) is 34.8 Å². The second-order valence-corrected chi connectivity index (χ2v) is 5.20. The minimum atomic E-state index is -5.80. The number of halogens is 6. The van der Waals surface area contributed by atoms with Crippen LogP contribution in [0.15, 0.2) is 11.8 Å². The summed E-state index contributed by atoms with van der Waals surface area (Å²) in [6.45, 7) is 0. The van der Waals surface area contributed by atoms with Crippen LogP contribution >= 0.6 is 0 Å². The molecule has 18 heavy (non-hydrogen) atoms. The molecule has 3 nitrogen and oxygen atoms in total. The second-order valence-electron chi connectivity index (χ2n) is 3.67. The summed E-state index contributed by atoms with van der Waals surface area (Å²) in [6.07, 6.45) is -5.32. The Morgan fingerprint density at radius 1 is 1.17 bits per heavy atom. The second kappa shape index (κ2) is 4.63. The molecule has 0 aromatic carbocycles. The maximum Gasteiger partial charge on any atom is 0.534 e. The lowest BCUT2D eigenvalue weighted by molar-refractivity contribution is -0.176. The highest BCUT2D eigenvalue weighted by Gasteiger charge is 2.49. The predicted molar refractivity (Wildman–Crippen MR) is 47.5 cm³/mol. The highest BCUT2D eigenvalue weighted by atomic mass is 32.2. The standard InChI is InChI=1S/C8H8F6O3S/c9-7(10,11)5-1-3-6(4-2-5)17-18(15,16)8(12,13)14/h3,5H,1-2,4H2/t5-/m0/s1. The fraction of sp³-hybridized carbons (Fsp3) is 0.750. The van der Waals surface area contributed by atoms with Gasteiger partial charge in [-0.1, -0.05) is 0 Å². The zero-order valence-electron chi connectivity index (χ0n) is 8.68. The summed E-state index contributed by atoms with van der Waals surface area (Å²) in [5, 5.41) is 0. The SMILES string of the molecule is O=S(=O)(OC1=CC[C@H](C(F)(F)F)CC1)C(F)(F)F. The molecule has 0 aliphatic heterocycles. The van der Waals surface area contributed by atoms with Gasteiger partial charge in [0, 0.05) is 6.42 Å². The zero-order valence-corrected chi connectivity index (χ0v) is 9.49. The van der Waals surface area contributed by atoms with Crippen LogP contribution in [0, 0.1) is 5.92 Å². The molecule has 0 amide bonds. The van der Waals surface area contributed by atoms with Crippen molar-refractivity contribution in [3.63, 3.8) is 0 Å². The maximum atomic E-state index is 12.2. The summed E-state index contributed by atoms with van der Waals surface area (Å²) in [5.41, 5.74) is -5.59. The molecule has 0 spiro atoms. The molecule has 0 radical (unpaired) electrons. The third-order valence-electron chi connectivity index (χ3n) is 2.33. The fourth-order valence-corrected chi connectivity index (χ4v) is 1.90. The molecule has 0 N–H and O–H groups in total. The number of alkyl halides is 6. The molecule has 0 saturated heterocycles. The average Bonchev–Trinajstić information content (AvgIpc) is 2.14. The van der Waals surface area contributed by atoms with Crippen molar-refractivity contribution in [2.24, 2.45) is 5.92 Å². The smallest absolute Gasteiger partial charge is 0.381 e. The average molecular weight is 298 g/mol. The van der Waals surface area contributed by atoms with Gasteiger partial charge >= 0.3 is 21.8 Å². The quantitative estimate of drug-likeness (QED) is 0.447. The minimum absolute atomic E-state index is 0.497. The number of hydrogen-bond donors (Lipinski definition) is 0. The minimum Gasteiger partial charge on any atom is -0.381 e. The van der Waals surface area contributed by atoms with Crippen molar-refractivity contribution in [1.29, 1.82) is 0 Å². The van der Waals surface area contributed by atoms with Gasteiger partial charge in [0.15, 0.2) is 0 Å². The lowest BCUT2D eigenvalue weighted by atomic mass is 9.93.